The first-order valence-corrected chi connectivity index (χ1v) is 6.95. The van der Waals surface area contributed by atoms with E-state index in [1.54, 1.807) is 0 Å². The summed E-state index contributed by atoms with van der Waals surface area (Å²) in [6.07, 6.45) is 2.18. The molecule has 0 saturated heterocycles. The van der Waals surface area contributed by atoms with Crippen LogP contribution in [-0.2, 0) is 11.2 Å². The Morgan fingerprint density at radius 1 is 1.09 bits per heavy atom. The zero-order chi connectivity index (χ0) is 14.9. The third-order valence-corrected chi connectivity index (χ3v) is 3.65. The molecule has 0 spiro atoms. The van der Waals surface area contributed by atoms with Gasteiger partial charge in [-0.15, -0.1) is 0 Å². The van der Waals surface area contributed by atoms with E-state index < -0.39 is 0 Å². The molecule has 0 bridgehead atoms. The van der Waals surface area contributed by atoms with Crippen molar-refractivity contribution in [1.29, 1.82) is 0 Å². The van der Waals surface area contributed by atoms with Crippen molar-refractivity contribution >= 4 is 33.5 Å². The first-order valence-electron chi connectivity index (χ1n) is 6.95. The van der Waals surface area contributed by atoms with Crippen molar-refractivity contribution in [3.8, 4) is 0 Å². The number of aromatic nitrogens is 4. The van der Waals surface area contributed by atoms with E-state index in [0.717, 1.165) is 22.0 Å². The molecule has 0 atom stereocenters. The Morgan fingerprint density at radius 2 is 2.00 bits per heavy atom. The minimum atomic E-state index is -0.0831. The maximum absolute atomic E-state index is 12.3. The van der Waals surface area contributed by atoms with Gasteiger partial charge in [-0.2, -0.15) is 15.4 Å². The molecule has 0 aliphatic carbocycles. The van der Waals surface area contributed by atoms with Gasteiger partial charge in [0.15, 0.2) is 0 Å². The predicted octanol–water partition coefficient (Wildman–Crippen LogP) is 2.62. The first-order chi connectivity index (χ1) is 10.8. The lowest BCUT2D eigenvalue weighted by molar-refractivity contribution is -0.115. The normalized spacial score (nSPS) is 11.1. The molecule has 0 radical (unpaired) electrons. The van der Waals surface area contributed by atoms with Crippen LogP contribution in [0.5, 0.6) is 0 Å². The molecule has 0 fully saturated rings. The average molecular weight is 291 g/mol. The van der Waals surface area contributed by atoms with Crippen LogP contribution in [0.15, 0.2) is 48.7 Å². The number of carbonyl (C=O) groups excluding carboxylic acids is 1. The Morgan fingerprint density at radius 3 is 2.95 bits per heavy atom. The average Bonchev–Trinajstić information content (AvgIpc) is 3.15. The van der Waals surface area contributed by atoms with Gasteiger partial charge in [0.2, 0.25) is 5.91 Å². The molecule has 0 saturated carbocycles. The fourth-order valence-electron chi connectivity index (χ4n) is 2.61. The Bertz CT molecular complexity index is 969. The largest absolute Gasteiger partial charge is 0.361 e. The molecule has 2 aromatic carbocycles. The summed E-state index contributed by atoms with van der Waals surface area (Å²) in [7, 11) is 0. The number of benzene rings is 2. The van der Waals surface area contributed by atoms with Crippen molar-refractivity contribution in [2.45, 2.75) is 6.42 Å². The van der Waals surface area contributed by atoms with Crippen molar-refractivity contribution < 1.29 is 4.79 Å². The zero-order valence-electron chi connectivity index (χ0n) is 11.6. The van der Waals surface area contributed by atoms with Gasteiger partial charge in [0.05, 0.1) is 12.1 Å². The summed E-state index contributed by atoms with van der Waals surface area (Å²) in [5.41, 5.74) is 4.06. The lowest BCUT2D eigenvalue weighted by Crippen LogP contribution is -2.14. The molecular formula is C16H13N5O. The van der Waals surface area contributed by atoms with Crippen molar-refractivity contribution in [3.05, 3.63) is 54.2 Å². The number of rotatable bonds is 3. The van der Waals surface area contributed by atoms with Crippen LogP contribution < -0.4 is 5.32 Å². The van der Waals surface area contributed by atoms with Gasteiger partial charge in [0.25, 0.3) is 0 Å². The number of hydrogen-bond donors (Lipinski definition) is 3. The number of fused-ring (bicyclic) bond motifs is 2. The number of carbonyl (C=O) groups is 1. The minimum absolute atomic E-state index is 0.0831. The highest BCUT2D eigenvalue weighted by Gasteiger charge is 2.11. The summed E-state index contributed by atoms with van der Waals surface area (Å²) in [5, 5.41) is 14.6. The highest BCUT2D eigenvalue weighted by molar-refractivity contribution is 6.01. The third kappa shape index (κ3) is 2.10. The second-order valence-electron chi connectivity index (χ2n) is 5.08. The van der Waals surface area contributed by atoms with E-state index in [9.17, 15) is 4.79 Å². The van der Waals surface area contributed by atoms with Crippen LogP contribution in [0.1, 0.15) is 5.56 Å². The van der Waals surface area contributed by atoms with E-state index in [2.05, 4.69) is 25.7 Å². The molecule has 6 heteroatoms. The molecule has 108 valence electrons. The molecule has 0 unspecified atom stereocenters. The van der Waals surface area contributed by atoms with Crippen molar-refractivity contribution in [3.63, 3.8) is 0 Å². The minimum Gasteiger partial charge on any atom is -0.361 e. The summed E-state index contributed by atoms with van der Waals surface area (Å²) in [5.74, 6) is -0.0831. The van der Waals surface area contributed by atoms with Gasteiger partial charge in [-0.3, -0.25) is 4.79 Å². The van der Waals surface area contributed by atoms with Crippen LogP contribution in [0.4, 0.5) is 5.69 Å². The summed E-state index contributed by atoms with van der Waals surface area (Å²) in [6, 6.07) is 13.4. The van der Waals surface area contributed by atoms with Gasteiger partial charge < -0.3 is 10.3 Å². The molecule has 6 nitrogen and oxygen atoms in total. The molecule has 0 aliphatic rings. The van der Waals surface area contributed by atoms with Gasteiger partial charge in [-0.05, 0) is 23.8 Å². The Labute approximate surface area is 125 Å². The Kier molecular flexibility index (Phi) is 2.86. The van der Waals surface area contributed by atoms with Gasteiger partial charge in [0.1, 0.15) is 11.0 Å². The molecule has 4 aromatic rings. The van der Waals surface area contributed by atoms with Crippen LogP contribution in [0.3, 0.4) is 0 Å². The fraction of sp³-hybridized carbons (Fsp3) is 0.0625. The zero-order valence-corrected chi connectivity index (χ0v) is 11.6. The SMILES string of the molecule is O=C(Cc1c[nH]c2ccccc12)Nc1cccc2n[nH]nc12. The molecule has 0 aliphatic heterocycles. The van der Waals surface area contributed by atoms with Gasteiger partial charge >= 0.3 is 0 Å². The monoisotopic (exact) mass is 291 g/mol. The molecule has 4 rings (SSSR count). The lowest BCUT2D eigenvalue weighted by atomic mass is 10.1. The summed E-state index contributed by atoms with van der Waals surface area (Å²) >= 11 is 0. The van der Waals surface area contributed by atoms with Crippen LogP contribution >= 0.6 is 0 Å². The van der Waals surface area contributed by atoms with Crippen LogP contribution in [0.25, 0.3) is 21.9 Å². The first kappa shape index (κ1) is 12.6. The standard InChI is InChI=1S/C16H13N5O/c22-15(8-10-9-17-12-5-2-1-4-11(10)12)18-13-6-3-7-14-16(13)20-21-19-14/h1-7,9,17H,8H2,(H,18,22)(H,19,20,21). The number of hydrogen-bond acceptors (Lipinski definition) is 3. The fourth-order valence-corrected chi connectivity index (χ4v) is 2.61. The van der Waals surface area contributed by atoms with Gasteiger partial charge in [-0.25, -0.2) is 0 Å². The maximum atomic E-state index is 12.3. The number of para-hydroxylation sites is 2. The molecule has 1 amide bonds. The molecular weight excluding hydrogens is 278 g/mol. The number of anilines is 1. The number of nitrogens with zero attached hydrogens (tertiary/aromatic N) is 2. The second-order valence-corrected chi connectivity index (χ2v) is 5.08. The molecule has 2 heterocycles. The van der Waals surface area contributed by atoms with E-state index >= 15 is 0 Å². The molecule has 2 aromatic heterocycles. The smallest absolute Gasteiger partial charge is 0.228 e. The molecule has 3 N–H and O–H groups in total. The van der Waals surface area contributed by atoms with Gasteiger partial charge in [-0.1, -0.05) is 24.3 Å². The number of nitrogens with one attached hydrogen (secondary N) is 3. The number of amides is 1. The van der Waals surface area contributed by atoms with Crippen molar-refractivity contribution in [1.82, 2.24) is 20.4 Å². The van der Waals surface area contributed by atoms with E-state index in [0.29, 0.717) is 17.6 Å². The van der Waals surface area contributed by atoms with Crippen LogP contribution in [0, 0.1) is 0 Å². The van der Waals surface area contributed by atoms with Crippen LogP contribution in [-0.4, -0.2) is 26.3 Å². The van der Waals surface area contributed by atoms with E-state index in [1.807, 2.05) is 48.7 Å². The highest BCUT2D eigenvalue weighted by Crippen LogP contribution is 2.21. The number of H-pyrrole nitrogens is 2. The summed E-state index contributed by atoms with van der Waals surface area (Å²) < 4.78 is 0. The second kappa shape index (κ2) is 5.00. The highest BCUT2D eigenvalue weighted by atomic mass is 16.1. The van der Waals surface area contributed by atoms with Crippen molar-refractivity contribution in [2.24, 2.45) is 0 Å². The van der Waals surface area contributed by atoms with E-state index in [1.165, 1.54) is 0 Å². The van der Waals surface area contributed by atoms with Crippen LogP contribution in [0.2, 0.25) is 0 Å². The number of aromatic amines is 2. The lowest BCUT2D eigenvalue weighted by Gasteiger charge is -2.05. The van der Waals surface area contributed by atoms with Gasteiger partial charge in [0, 0.05) is 17.1 Å². The summed E-state index contributed by atoms with van der Waals surface area (Å²) in [4.78, 5) is 15.5. The topological polar surface area (TPSA) is 86.5 Å². The Balaban J connectivity index is 1.59. The van der Waals surface area contributed by atoms with E-state index in [4.69, 9.17) is 0 Å². The summed E-state index contributed by atoms with van der Waals surface area (Å²) in [6.45, 7) is 0. The Hall–Kier alpha value is -3.15. The third-order valence-electron chi connectivity index (χ3n) is 3.65. The maximum Gasteiger partial charge on any atom is 0.228 e. The van der Waals surface area contributed by atoms with Crippen molar-refractivity contribution in [2.75, 3.05) is 5.32 Å². The quantitative estimate of drug-likeness (QED) is 0.542. The predicted molar refractivity (Wildman–Crippen MR) is 84.5 cm³/mol. The van der Waals surface area contributed by atoms with E-state index in [-0.39, 0.29) is 5.91 Å². The molecule has 22 heavy (non-hydrogen) atoms.